The summed E-state index contributed by atoms with van der Waals surface area (Å²) in [4.78, 5) is 6.78. The van der Waals surface area contributed by atoms with E-state index in [2.05, 4.69) is 22.9 Å². The highest BCUT2D eigenvalue weighted by molar-refractivity contribution is 5.08. The van der Waals surface area contributed by atoms with Gasteiger partial charge in [-0.05, 0) is 43.5 Å². The van der Waals surface area contributed by atoms with Gasteiger partial charge in [-0.15, -0.1) is 0 Å². The maximum atomic E-state index is 5.94. The van der Waals surface area contributed by atoms with Crippen LogP contribution < -0.4 is 5.73 Å². The van der Waals surface area contributed by atoms with Crippen LogP contribution in [0.4, 0.5) is 0 Å². The minimum atomic E-state index is 0.661. The summed E-state index contributed by atoms with van der Waals surface area (Å²) in [6.45, 7) is 5.17. The number of nitrogens with two attached hydrogens (primary N) is 1. The summed E-state index contributed by atoms with van der Waals surface area (Å²) in [5.74, 6) is 0.676. The maximum absolute atomic E-state index is 5.94. The minimum Gasteiger partial charge on any atom is -0.330 e. The monoisotopic (exact) mass is 247 g/mol. The third kappa shape index (κ3) is 3.30. The summed E-state index contributed by atoms with van der Waals surface area (Å²) in [5, 5.41) is 0. The molecule has 2 unspecified atom stereocenters. The van der Waals surface area contributed by atoms with E-state index in [1.165, 1.54) is 31.2 Å². The molecule has 2 atom stereocenters. The Bertz CT molecular complexity index is 339. The van der Waals surface area contributed by atoms with Gasteiger partial charge in [-0.1, -0.05) is 25.8 Å². The standard InChI is InChI=1S/C15H25N3/c1-2-18(12-13-6-5-9-17-11-13)15-8-4-3-7-14(15)10-16/h5-6,9,11,14-15H,2-4,7-8,10,12,16H2,1H3. The van der Waals surface area contributed by atoms with Crippen molar-refractivity contribution in [2.45, 2.75) is 45.2 Å². The zero-order valence-corrected chi connectivity index (χ0v) is 11.4. The predicted octanol–water partition coefficient (Wildman–Crippen LogP) is 2.42. The third-order valence-corrected chi connectivity index (χ3v) is 4.16. The van der Waals surface area contributed by atoms with Crippen molar-refractivity contribution in [1.29, 1.82) is 0 Å². The van der Waals surface area contributed by atoms with Crippen molar-refractivity contribution in [3.05, 3.63) is 30.1 Å². The lowest BCUT2D eigenvalue weighted by atomic mass is 9.83. The Kier molecular flexibility index (Phi) is 5.14. The first-order valence-electron chi connectivity index (χ1n) is 7.18. The zero-order valence-electron chi connectivity index (χ0n) is 11.4. The van der Waals surface area contributed by atoms with Crippen LogP contribution in [0.3, 0.4) is 0 Å². The molecule has 0 spiro atoms. The molecule has 100 valence electrons. The van der Waals surface area contributed by atoms with Crippen LogP contribution in [0.5, 0.6) is 0 Å². The molecule has 3 nitrogen and oxygen atoms in total. The van der Waals surface area contributed by atoms with Crippen LogP contribution in [0.2, 0.25) is 0 Å². The molecule has 1 aliphatic rings. The fraction of sp³-hybridized carbons (Fsp3) is 0.667. The normalized spacial score (nSPS) is 24.4. The Balaban J connectivity index is 2.03. The second-order valence-electron chi connectivity index (χ2n) is 5.27. The number of aromatic nitrogens is 1. The quantitative estimate of drug-likeness (QED) is 0.869. The van der Waals surface area contributed by atoms with Gasteiger partial charge >= 0.3 is 0 Å². The van der Waals surface area contributed by atoms with E-state index in [9.17, 15) is 0 Å². The first-order valence-corrected chi connectivity index (χ1v) is 7.18. The summed E-state index contributed by atoms with van der Waals surface area (Å²) in [5.41, 5.74) is 7.25. The van der Waals surface area contributed by atoms with Crippen molar-refractivity contribution in [2.75, 3.05) is 13.1 Å². The van der Waals surface area contributed by atoms with Gasteiger partial charge in [0.1, 0.15) is 0 Å². The fourth-order valence-electron chi connectivity index (χ4n) is 3.13. The molecule has 0 saturated heterocycles. The number of hydrogen-bond acceptors (Lipinski definition) is 3. The van der Waals surface area contributed by atoms with E-state index in [0.717, 1.165) is 19.6 Å². The first-order chi connectivity index (χ1) is 8.85. The van der Waals surface area contributed by atoms with E-state index in [1.807, 2.05) is 18.5 Å². The Morgan fingerprint density at radius 3 is 2.89 bits per heavy atom. The zero-order chi connectivity index (χ0) is 12.8. The van der Waals surface area contributed by atoms with Gasteiger partial charge in [0.2, 0.25) is 0 Å². The highest BCUT2D eigenvalue weighted by Crippen LogP contribution is 2.28. The molecule has 0 aliphatic heterocycles. The molecule has 1 aliphatic carbocycles. The minimum absolute atomic E-state index is 0.661. The molecule has 1 fully saturated rings. The van der Waals surface area contributed by atoms with Gasteiger partial charge in [0.15, 0.2) is 0 Å². The summed E-state index contributed by atoms with van der Waals surface area (Å²) in [6, 6.07) is 4.84. The molecule has 1 saturated carbocycles. The molecule has 18 heavy (non-hydrogen) atoms. The van der Waals surface area contributed by atoms with Crippen LogP contribution in [-0.2, 0) is 6.54 Å². The molecule has 0 radical (unpaired) electrons. The topological polar surface area (TPSA) is 42.2 Å². The maximum Gasteiger partial charge on any atom is 0.0312 e. The molecular formula is C15H25N3. The second kappa shape index (κ2) is 6.86. The largest absolute Gasteiger partial charge is 0.330 e. The highest BCUT2D eigenvalue weighted by atomic mass is 15.2. The lowest BCUT2D eigenvalue weighted by molar-refractivity contribution is 0.105. The molecule has 0 bridgehead atoms. The smallest absolute Gasteiger partial charge is 0.0312 e. The van der Waals surface area contributed by atoms with Gasteiger partial charge in [-0.3, -0.25) is 9.88 Å². The third-order valence-electron chi connectivity index (χ3n) is 4.16. The van der Waals surface area contributed by atoms with E-state index in [4.69, 9.17) is 5.73 Å². The van der Waals surface area contributed by atoms with Crippen LogP contribution >= 0.6 is 0 Å². The molecule has 1 heterocycles. The van der Waals surface area contributed by atoms with Crippen molar-refractivity contribution in [1.82, 2.24) is 9.88 Å². The number of nitrogens with zero attached hydrogens (tertiary/aromatic N) is 2. The second-order valence-corrected chi connectivity index (χ2v) is 5.27. The molecule has 1 aromatic heterocycles. The molecule has 0 amide bonds. The van der Waals surface area contributed by atoms with Gasteiger partial charge in [0.05, 0.1) is 0 Å². The van der Waals surface area contributed by atoms with E-state index in [1.54, 1.807) is 0 Å². The van der Waals surface area contributed by atoms with Crippen molar-refractivity contribution in [3.63, 3.8) is 0 Å². The van der Waals surface area contributed by atoms with Crippen LogP contribution in [0.1, 0.15) is 38.2 Å². The van der Waals surface area contributed by atoms with Crippen molar-refractivity contribution >= 4 is 0 Å². The average molecular weight is 247 g/mol. The summed E-state index contributed by atoms with van der Waals surface area (Å²) < 4.78 is 0. The molecule has 1 aromatic rings. The summed E-state index contributed by atoms with van der Waals surface area (Å²) in [7, 11) is 0. The summed E-state index contributed by atoms with van der Waals surface area (Å²) in [6.07, 6.45) is 9.11. The van der Waals surface area contributed by atoms with Crippen molar-refractivity contribution < 1.29 is 0 Å². The Morgan fingerprint density at radius 1 is 1.39 bits per heavy atom. The lowest BCUT2D eigenvalue weighted by Gasteiger charge is -2.39. The van der Waals surface area contributed by atoms with E-state index >= 15 is 0 Å². The van der Waals surface area contributed by atoms with Crippen molar-refractivity contribution in [2.24, 2.45) is 11.7 Å². The average Bonchev–Trinajstić information content (AvgIpc) is 2.46. The van der Waals surface area contributed by atoms with E-state index in [-0.39, 0.29) is 0 Å². The number of pyridine rings is 1. The predicted molar refractivity (Wildman–Crippen MR) is 75.1 cm³/mol. The lowest BCUT2D eigenvalue weighted by Crippen LogP contribution is -2.44. The molecule has 2 N–H and O–H groups in total. The van der Waals surface area contributed by atoms with Gasteiger partial charge in [0, 0.05) is 25.0 Å². The first kappa shape index (κ1) is 13.5. The number of rotatable bonds is 5. The van der Waals surface area contributed by atoms with Crippen LogP contribution in [0.25, 0.3) is 0 Å². The van der Waals surface area contributed by atoms with Gasteiger partial charge < -0.3 is 5.73 Å². The van der Waals surface area contributed by atoms with E-state index < -0.39 is 0 Å². The van der Waals surface area contributed by atoms with Crippen LogP contribution in [0, 0.1) is 5.92 Å². The van der Waals surface area contributed by atoms with Gasteiger partial charge in [-0.2, -0.15) is 0 Å². The number of hydrogen-bond donors (Lipinski definition) is 1. The van der Waals surface area contributed by atoms with Gasteiger partial charge in [-0.25, -0.2) is 0 Å². The Labute approximate surface area is 110 Å². The Hall–Kier alpha value is -0.930. The molecule has 2 rings (SSSR count). The summed E-state index contributed by atoms with van der Waals surface area (Å²) >= 11 is 0. The van der Waals surface area contributed by atoms with Crippen LogP contribution in [-0.4, -0.2) is 29.0 Å². The Morgan fingerprint density at radius 2 is 2.22 bits per heavy atom. The molecular weight excluding hydrogens is 222 g/mol. The van der Waals surface area contributed by atoms with Gasteiger partial charge in [0.25, 0.3) is 0 Å². The highest BCUT2D eigenvalue weighted by Gasteiger charge is 2.28. The van der Waals surface area contributed by atoms with Crippen molar-refractivity contribution in [3.8, 4) is 0 Å². The molecule has 3 heteroatoms. The fourth-order valence-corrected chi connectivity index (χ4v) is 3.13. The molecule has 0 aromatic carbocycles. The SMILES string of the molecule is CCN(Cc1cccnc1)C1CCCCC1CN. The van der Waals surface area contributed by atoms with E-state index in [0.29, 0.717) is 12.0 Å². The van der Waals surface area contributed by atoms with Crippen LogP contribution in [0.15, 0.2) is 24.5 Å².